The number of thiophene rings is 2. The van der Waals surface area contributed by atoms with Crippen molar-refractivity contribution in [2.45, 2.75) is 37.1 Å². The van der Waals surface area contributed by atoms with Gasteiger partial charge in [0, 0.05) is 15.1 Å². The van der Waals surface area contributed by atoms with E-state index in [0.29, 0.717) is 10.6 Å². The molecule has 5 rings (SSSR count). The van der Waals surface area contributed by atoms with Crippen molar-refractivity contribution in [1.82, 2.24) is 9.97 Å². The standard InChI is InChI=1S/C24H20N4OS3/c25-12-18-16-9-5-2-6-10-19(16)31-24(18)28-21(29)13-30-22-17-11-20(15-7-3-1-4-8-15)32-23(17)27-14-26-22/h1,3-4,7-8,11,14H,2,5-6,9-10,13H2,(H,28,29). The van der Waals surface area contributed by atoms with E-state index < -0.39 is 0 Å². The number of nitrogens with one attached hydrogen (secondary N) is 1. The van der Waals surface area contributed by atoms with Gasteiger partial charge in [-0.2, -0.15) is 5.26 Å². The van der Waals surface area contributed by atoms with Gasteiger partial charge < -0.3 is 5.32 Å². The van der Waals surface area contributed by atoms with Crippen LogP contribution in [0.15, 0.2) is 47.8 Å². The number of rotatable bonds is 5. The number of nitrogens with zero attached hydrogens (tertiary/aromatic N) is 3. The predicted molar refractivity (Wildman–Crippen MR) is 132 cm³/mol. The molecule has 3 heterocycles. The number of thioether (sulfide) groups is 1. The fourth-order valence-corrected chi connectivity index (χ4v) is 7.04. The average molecular weight is 477 g/mol. The van der Waals surface area contributed by atoms with Crippen LogP contribution in [0.4, 0.5) is 5.00 Å². The van der Waals surface area contributed by atoms with Gasteiger partial charge >= 0.3 is 0 Å². The molecule has 0 bridgehead atoms. The quantitative estimate of drug-likeness (QED) is 0.208. The first kappa shape index (κ1) is 21.1. The van der Waals surface area contributed by atoms with Crippen molar-refractivity contribution in [1.29, 1.82) is 5.26 Å². The summed E-state index contributed by atoms with van der Waals surface area (Å²) in [4.78, 5) is 24.8. The zero-order valence-electron chi connectivity index (χ0n) is 17.3. The molecule has 0 aliphatic heterocycles. The Balaban J connectivity index is 1.32. The summed E-state index contributed by atoms with van der Waals surface area (Å²) >= 11 is 4.59. The lowest BCUT2D eigenvalue weighted by Gasteiger charge is -2.04. The van der Waals surface area contributed by atoms with E-state index in [0.717, 1.165) is 56.9 Å². The zero-order valence-corrected chi connectivity index (χ0v) is 19.7. The summed E-state index contributed by atoms with van der Waals surface area (Å²) in [5.41, 5.74) is 2.94. The van der Waals surface area contributed by atoms with Gasteiger partial charge in [0.15, 0.2) is 0 Å². The summed E-state index contributed by atoms with van der Waals surface area (Å²) in [6.07, 6.45) is 6.94. The molecule has 4 aromatic rings. The Morgan fingerprint density at radius 3 is 2.81 bits per heavy atom. The van der Waals surface area contributed by atoms with Crippen LogP contribution >= 0.6 is 34.4 Å². The van der Waals surface area contributed by atoms with Crippen LogP contribution in [0.25, 0.3) is 20.7 Å². The van der Waals surface area contributed by atoms with Crippen LogP contribution < -0.4 is 5.32 Å². The van der Waals surface area contributed by atoms with E-state index in [1.54, 1.807) is 29.0 Å². The Morgan fingerprint density at radius 2 is 1.97 bits per heavy atom. The van der Waals surface area contributed by atoms with Crippen LogP contribution in [0.1, 0.15) is 35.3 Å². The first-order valence-corrected chi connectivity index (χ1v) is 13.1. The zero-order chi connectivity index (χ0) is 21.9. The highest BCUT2D eigenvalue weighted by atomic mass is 32.2. The average Bonchev–Trinajstić information content (AvgIpc) is 3.32. The molecule has 1 aliphatic carbocycles. The van der Waals surface area contributed by atoms with Crippen molar-refractivity contribution in [2.24, 2.45) is 0 Å². The minimum atomic E-state index is -0.117. The molecule has 0 saturated carbocycles. The molecule has 32 heavy (non-hydrogen) atoms. The van der Waals surface area contributed by atoms with Gasteiger partial charge in [-0.1, -0.05) is 48.5 Å². The molecule has 160 valence electrons. The second-order valence-corrected chi connectivity index (χ2v) is 10.7. The Hall–Kier alpha value is -2.73. The van der Waals surface area contributed by atoms with Crippen molar-refractivity contribution in [3.8, 4) is 16.5 Å². The SMILES string of the molecule is N#Cc1c(NC(=O)CSc2ncnc3sc(-c4ccccc4)cc23)sc2c1CCCCC2. The van der Waals surface area contributed by atoms with Gasteiger partial charge in [-0.15, -0.1) is 22.7 Å². The van der Waals surface area contributed by atoms with Crippen LogP contribution in [0.5, 0.6) is 0 Å². The number of aromatic nitrogens is 2. The second-order valence-electron chi connectivity index (χ2n) is 7.59. The van der Waals surface area contributed by atoms with Crippen molar-refractivity contribution in [2.75, 3.05) is 11.1 Å². The molecule has 0 spiro atoms. The van der Waals surface area contributed by atoms with E-state index in [2.05, 4.69) is 39.6 Å². The molecule has 8 heteroatoms. The molecule has 1 N–H and O–H groups in total. The molecule has 0 unspecified atom stereocenters. The predicted octanol–water partition coefficient (Wildman–Crippen LogP) is 6.29. The van der Waals surface area contributed by atoms with Gasteiger partial charge in [0.25, 0.3) is 0 Å². The minimum absolute atomic E-state index is 0.117. The molecule has 0 atom stereocenters. The van der Waals surface area contributed by atoms with Crippen LogP contribution in [0, 0.1) is 11.3 Å². The Morgan fingerprint density at radius 1 is 1.12 bits per heavy atom. The molecule has 0 saturated heterocycles. The minimum Gasteiger partial charge on any atom is -0.316 e. The number of nitriles is 1. The van der Waals surface area contributed by atoms with Crippen LogP contribution in [-0.4, -0.2) is 21.6 Å². The van der Waals surface area contributed by atoms with E-state index in [4.69, 9.17) is 0 Å². The molecule has 0 radical (unpaired) electrons. The lowest BCUT2D eigenvalue weighted by atomic mass is 10.1. The number of aryl methyl sites for hydroxylation is 1. The number of hydrogen-bond donors (Lipinski definition) is 1. The first-order valence-electron chi connectivity index (χ1n) is 10.5. The van der Waals surface area contributed by atoms with Gasteiger partial charge in [-0.05, 0) is 42.9 Å². The number of hydrogen-bond acceptors (Lipinski definition) is 7. The summed E-state index contributed by atoms with van der Waals surface area (Å²) < 4.78 is 0. The largest absolute Gasteiger partial charge is 0.316 e. The Kier molecular flexibility index (Phi) is 6.21. The van der Waals surface area contributed by atoms with E-state index in [-0.39, 0.29) is 11.7 Å². The highest BCUT2D eigenvalue weighted by Gasteiger charge is 2.21. The number of amides is 1. The number of anilines is 1. The summed E-state index contributed by atoms with van der Waals surface area (Å²) in [7, 11) is 0. The van der Waals surface area contributed by atoms with Crippen molar-refractivity contribution in [3.05, 3.63) is 58.7 Å². The van der Waals surface area contributed by atoms with E-state index in [1.165, 1.54) is 23.1 Å². The molecule has 3 aromatic heterocycles. The maximum Gasteiger partial charge on any atom is 0.235 e. The van der Waals surface area contributed by atoms with E-state index in [1.807, 2.05) is 18.2 Å². The fourth-order valence-electron chi connectivity index (χ4n) is 3.94. The molecular formula is C24H20N4OS3. The molecular weight excluding hydrogens is 456 g/mol. The first-order chi connectivity index (χ1) is 15.7. The van der Waals surface area contributed by atoms with Crippen LogP contribution in [-0.2, 0) is 17.6 Å². The van der Waals surface area contributed by atoms with Gasteiger partial charge in [-0.3, -0.25) is 4.79 Å². The summed E-state index contributed by atoms with van der Waals surface area (Å²) in [6, 6.07) is 14.6. The Labute approximate surface area is 198 Å². The van der Waals surface area contributed by atoms with E-state index >= 15 is 0 Å². The maximum absolute atomic E-state index is 12.7. The monoisotopic (exact) mass is 476 g/mol. The molecule has 1 aliphatic rings. The normalized spacial score (nSPS) is 13.3. The number of benzene rings is 1. The highest BCUT2D eigenvalue weighted by Crippen LogP contribution is 2.38. The van der Waals surface area contributed by atoms with Crippen LogP contribution in [0.2, 0.25) is 0 Å². The lowest BCUT2D eigenvalue weighted by Crippen LogP contribution is -2.14. The number of fused-ring (bicyclic) bond motifs is 2. The Bertz CT molecular complexity index is 1320. The molecule has 5 nitrogen and oxygen atoms in total. The highest BCUT2D eigenvalue weighted by molar-refractivity contribution is 8.00. The third-order valence-corrected chi connectivity index (χ3v) is 8.78. The van der Waals surface area contributed by atoms with Crippen molar-refractivity contribution in [3.63, 3.8) is 0 Å². The topological polar surface area (TPSA) is 78.7 Å². The van der Waals surface area contributed by atoms with Gasteiger partial charge in [0.2, 0.25) is 5.91 Å². The third kappa shape index (κ3) is 4.29. The van der Waals surface area contributed by atoms with Crippen LogP contribution in [0.3, 0.4) is 0 Å². The van der Waals surface area contributed by atoms with E-state index in [9.17, 15) is 10.1 Å². The maximum atomic E-state index is 12.7. The van der Waals surface area contributed by atoms with Gasteiger partial charge in [0.1, 0.15) is 27.3 Å². The van der Waals surface area contributed by atoms with Crippen molar-refractivity contribution < 1.29 is 4.79 Å². The third-order valence-electron chi connectivity index (χ3n) is 5.48. The van der Waals surface area contributed by atoms with Crippen molar-refractivity contribution >= 4 is 55.6 Å². The molecule has 1 amide bonds. The van der Waals surface area contributed by atoms with Gasteiger partial charge in [-0.25, -0.2) is 9.97 Å². The fraction of sp³-hybridized carbons (Fsp3) is 0.250. The second kappa shape index (κ2) is 9.41. The number of carbonyl (C=O) groups is 1. The van der Waals surface area contributed by atoms with Gasteiger partial charge in [0.05, 0.1) is 11.3 Å². The summed E-state index contributed by atoms with van der Waals surface area (Å²) in [6.45, 7) is 0. The number of carbonyl (C=O) groups excluding carboxylic acids is 1. The summed E-state index contributed by atoms with van der Waals surface area (Å²) in [5.74, 6) is 0.115. The molecule has 1 aromatic carbocycles. The lowest BCUT2D eigenvalue weighted by molar-refractivity contribution is -0.113. The summed E-state index contributed by atoms with van der Waals surface area (Å²) in [5, 5.41) is 15.1. The smallest absolute Gasteiger partial charge is 0.235 e. The molecule has 0 fully saturated rings.